The molecule has 0 aliphatic carbocycles. The van der Waals surface area contributed by atoms with Gasteiger partial charge >= 0.3 is 0 Å². The molecule has 0 aliphatic rings. The van der Waals surface area contributed by atoms with Crippen LogP contribution < -0.4 is 0 Å². The molecule has 0 atom stereocenters. The minimum absolute atomic E-state index is 0.606. The Balaban J connectivity index is 2.34. The first-order valence-electron chi connectivity index (χ1n) is 6.08. The molecule has 0 bridgehead atoms. The average Bonchev–Trinajstić information content (AvgIpc) is 2.73. The van der Waals surface area contributed by atoms with Gasteiger partial charge < -0.3 is 4.42 Å². The van der Waals surface area contributed by atoms with Crippen molar-refractivity contribution >= 4 is 11.6 Å². The van der Waals surface area contributed by atoms with E-state index in [4.69, 9.17) is 16.0 Å². The molecule has 4 heteroatoms. The Morgan fingerprint density at radius 3 is 2.39 bits per heavy atom. The maximum absolute atomic E-state index is 5.69. The highest BCUT2D eigenvalue weighted by atomic mass is 35.5. The van der Waals surface area contributed by atoms with Gasteiger partial charge in [0.25, 0.3) is 0 Å². The predicted octanol–water partition coefficient (Wildman–Crippen LogP) is 3.83. The van der Waals surface area contributed by atoms with Crippen LogP contribution in [0, 0.1) is 20.8 Å². The van der Waals surface area contributed by atoms with Crippen LogP contribution in [0.3, 0.4) is 0 Å². The van der Waals surface area contributed by atoms with Crippen molar-refractivity contribution in [3.63, 3.8) is 0 Å². The van der Waals surface area contributed by atoms with E-state index in [2.05, 4.69) is 43.1 Å². The summed E-state index contributed by atoms with van der Waals surface area (Å²) in [5.41, 5.74) is 4.63. The van der Waals surface area contributed by atoms with Crippen LogP contribution in [0.1, 0.15) is 29.0 Å². The van der Waals surface area contributed by atoms with Gasteiger partial charge in [-0.2, -0.15) is 0 Å². The molecule has 96 valence electrons. The summed E-state index contributed by atoms with van der Waals surface area (Å²) in [6.07, 6.45) is 1.59. The van der Waals surface area contributed by atoms with Gasteiger partial charge in [-0.05, 0) is 38.3 Å². The SMILES string of the molecule is Cc1cc(C)c(-c2nnc(CCCCl)o2)c(C)c1. The summed E-state index contributed by atoms with van der Waals surface area (Å²) >= 11 is 5.65. The third-order valence-corrected chi connectivity index (χ3v) is 3.15. The zero-order valence-corrected chi connectivity index (χ0v) is 11.7. The molecule has 1 aromatic carbocycles. The molecule has 0 fully saturated rings. The molecule has 0 amide bonds. The van der Waals surface area contributed by atoms with Gasteiger partial charge in [0.1, 0.15) is 0 Å². The Morgan fingerprint density at radius 1 is 1.11 bits per heavy atom. The maximum atomic E-state index is 5.69. The fourth-order valence-corrected chi connectivity index (χ4v) is 2.32. The molecule has 0 spiro atoms. The van der Waals surface area contributed by atoms with E-state index in [9.17, 15) is 0 Å². The van der Waals surface area contributed by atoms with Crippen LogP contribution in [-0.2, 0) is 6.42 Å². The van der Waals surface area contributed by atoms with E-state index in [0.29, 0.717) is 17.7 Å². The molecular weight excluding hydrogens is 248 g/mol. The number of rotatable bonds is 4. The highest BCUT2D eigenvalue weighted by Crippen LogP contribution is 2.27. The Kier molecular flexibility index (Phi) is 4.02. The van der Waals surface area contributed by atoms with Crippen molar-refractivity contribution in [1.29, 1.82) is 0 Å². The zero-order chi connectivity index (χ0) is 13.1. The van der Waals surface area contributed by atoms with Crippen molar-refractivity contribution in [2.75, 3.05) is 5.88 Å². The summed E-state index contributed by atoms with van der Waals surface area (Å²) in [4.78, 5) is 0. The van der Waals surface area contributed by atoms with Crippen LogP contribution in [0.15, 0.2) is 16.5 Å². The second-order valence-corrected chi connectivity index (χ2v) is 4.95. The lowest BCUT2D eigenvalue weighted by molar-refractivity contribution is 0.502. The van der Waals surface area contributed by atoms with E-state index in [1.54, 1.807) is 0 Å². The van der Waals surface area contributed by atoms with Crippen molar-refractivity contribution in [2.45, 2.75) is 33.6 Å². The first kappa shape index (κ1) is 13.1. The number of halogens is 1. The third kappa shape index (κ3) is 2.72. The van der Waals surface area contributed by atoms with Gasteiger partial charge in [0.05, 0.1) is 0 Å². The van der Waals surface area contributed by atoms with Crippen molar-refractivity contribution in [2.24, 2.45) is 0 Å². The van der Waals surface area contributed by atoms with Crippen LogP contribution in [0.5, 0.6) is 0 Å². The first-order valence-corrected chi connectivity index (χ1v) is 6.62. The van der Waals surface area contributed by atoms with Crippen LogP contribution in [0.2, 0.25) is 0 Å². The van der Waals surface area contributed by atoms with Crippen molar-refractivity contribution in [3.05, 3.63) is 34.7 Å². The van der Waals surface area contributed by atoms with Crippen molar-refractivity contribution < 1.29 is 4.42 Å². The van der Waals surface area contributed by atoms with E-state index in [0.717, 1.165) is 18.4 Å². The van der Waals surface area contributed by atoms with Gasteiger partial charge in [-0.15, -0.1) is 21.8 Å². The standard InChI is InChI=1S/C14H17ClN2O/c1-9-7-10(2)13(11(3)8-9)14-17-16-12(18-14)5-4-6-15/h7-8H,4-6H2,1-3H3. The Labute approximate surface area is 112 Å². The number of hydrogen-bond acceptors (Lipinski definition) is 3. The van der Waals surface area contributed by atoms with Crippen LogP contribution >= 0.6 is 11.6 Å². The first-order chi connectivity index (χ1) is 8.61. The molecule has 0 radical (unpaired) electrons. The van der Waals surface area contributed by atoms with E-state index in [-0.39, 0.29) is 0 Å². The summed E-state index contributed by atoms with van der Waals surface area (Å²) in [6.45, 7) is 6.22. The summed E-state index contributed by atoms with van der Waals surface area (Å²) in [5, 5.41) is 8.19. The van der Waals surface area contributed by atoms with Gasteiger partial charge in [-0.3, -0.25) is 0 Å². The summed E-state index contributed by atoms with van der Waals surface area (Å²) in [5.74, 6) is 1.87. The summed E-state index contributed by atoms with van der Waals surface area (Å²) in [7, 11) is 0. The van der Waals surface area contributed by atoms with Crippen LogP contribution in [0.4, 0.5) is 0 Å². The molecular formula is C14H17ClN2O. The molecule has 2 rings (SSSR count). The molecule has 0 N–H and O–H groups in total. The largest absolute Gasteiger partial charge is 0.421 e. The number of hydrogen-bond donors (Lipinski definition) is 0. The predicted molar refractivity (Wildman–Crippen MR) is 73.0 cm³/mol. The Morgan fingerprint density at radius 2 is 1.78 bits per heavy atom. The highest BCUT2D eigenvalue weighted by molar-refractivity contribution is 6.17. The molecule has 1 aromatic heterocycles. The normalized spacial score (nSPS) is 10.9. The molecule has 1 heterocycles. The van der Waals surface area contributed by atoms with E-state index in [1.165, 1.54) is 16.7 Å². The lowest BCUT2D eigenvalue weighted by Gasteiger charge is -2.06. The molecule has 3 nitrogen and oxygen atoms in total. The Bertz CT molecular complexity index is 525. The lowest BCUT2D eigenvalue weighted by Crippen LogP contribution is -1.90. The highest BCUT2D eigenvalue weighted by Gasteiger charge is 2.13. The summed E-state index contributed by atoms with van der Waals surface area (Å²) < 4.78 is 5.69. The van der Waals surface area contributed by atoms with Crippen LogP contribution in [-0.4, -0.2) is 16.1 Å². The zero-order valence-electron chi connectivity index (χ0n) is 11.0. The molecule has 18 heavy (non-hydrogen) atoms. The second-order valence-electron chi connectivity index (χ2n) is 4.57. The fraction of sp³-hybridized carbons (Fsp3) is 0.429. The fourth-order valence-electron chi connectivity index (χ4n) is 2.19. The Hall–Kier alpha value is -1.35. The van der Waals surface area contributed by atoms with Gasteiger partial charge in [0.2, 0.25) is 11.8 Å². The van der Waals surface area contributed by atoms with Crippen molar-refractivity contribution in [1.82, 2.24) is 10.2 Å². The maximum Gasteiger partial charge on any atom is 0.248 e. The third-order valence-electron chi connectivity index (χ3n) is 2.88. The second kappa shape index (κ2) is 5.53. The quantitative estimate of drug-likeness (QED) is 0.788. The number of benzene rings is 1. The van der Waals surface area contributed by atoms with Gasteiger partial charge in [-0.1, -0.05) is 17.7 Å². The molecule has 0 unspecified atom stereocenters. The van der Waals surface area contributed by atoms with Crippen LogP contribution in [0.25, 0.3) is 11.5 Å². The smallest absolute Gasteiger partial charge is 0.248 e. The minimum Gasteiger partial charge on any atom is -0.421 e. The van der Waals surface area contributed by atoms with E-state index < -0.39 is 0 Å². The topological polar surface area (TPSA) is 38.9 Å². The lowest BCUT2D eigenvalue weighted by atomic mass is 10.00. The van der Waals surface area contributed by atoms with E-state index >= 15 is 0 Å². The summed E-state index contributed by atoms with van der Waals surface area (Å²) in [6, 6.07) is 4.26. The molecule has 0 aliphatic heterocycles. The number of nitrogens with zero attached hydrogens (tertiary/aromatic N) is 2. The molecule has 2 aromatic rings. The molecule has 0 saturated heterocycles. The van der Waals surface area contributed by atoms with Gasteiger partial charge in [0, 0.05) is 17.9 Å². The van der Waals surface area contributed by atoms with Crippen molar-refractivity contribution in [3.8, 4) is 11.5 Å². The van der Waals surface area contributed by atoms with E-state index in [1.807, 2.05) is 0 Å². The average molecular weight is 265 g/mol. The minimum atomic E-state index is 0.606. The van der Waals surface area contributed by atoms with Gasteiger partial charge in [-0.25, -0.2) is 0 Å². The van der Waals surface area contributed by atoms with Gasteiger partial charge in [0.15, 0.2) is 0 Å². The monoisotopic (exact) mass is 264 g/mol. The number of alkyl halides is 1. The number of aryl methyl sites for hydroxylation is 4. The number of aromatic nitrogens is 2. The molecule has 0 saturated carbocycles.